The Morgan fingerprint density at radius 1 is 1.58 bits per heavy atom. The molecule has 0 saturated heterocycles. The molecule has 19 heavy (non-hydrogen) atoms. The third-order valence-corrected chi connectivity index (χ3v) is 2.61. The van der Waals surface area contributed by atoms with Crippen LogP contribution in [0.5, 0.6) is 0 Å². The van der Waals surface area contributed by atoms with Crippen molar-refractivity contribution in [2.24, 2.45) is 0 Å². The lowest BCUT2D eigenvalue weighted by Crippen LogP contribution is -2.29. The Morgan fingerprint density at radius 2 is 2.32 bits per heavy atom. The van der Waals surface area contributed by atoms with Crippen LogP contribution in [-0.2, 0) is 14.3 Å². The molecule has 0 spiro atoms. The zero-order valence-corrected chi connectivity index (χ0v) is 10.5. The minimum atomic E-state index is -0.740. The quantitative estimate of drug-likeness (QED) is 0.596. The van der Waals surface area contributed by atoms with Crippen LogP contribution in [-0.4, -0.2) is 28.2 Å². The number of aryl methyl sites for hydroxylation is 1. The standard InChI is InChI=1S/C12H13FN2O4/c1-7-10(13)5-15(12(17)14-7)11-4-3-9(19-11)6-18-8(2)16/h3-5,9,11H,6H2,1-2H3. The van der Waals surface area contributed by atoms with E-state index in [0.29, 0.717) is 0 Å². The number of carbonyl (C=O) groups excluding carboxylic acids is 1. The van der Waals surface area contributed by atoms with Gasteiger partial charge >= 0.3 is 11.7 Å². The highest BCUT2D eigenvalue weighted by molar-refractivity contribution is 5.65. The van der Waals surface area contributed by atoms with E-state index in [9.17, 15) is 14.0 Å². The summed E-state index contributed by atoms with van der Waals surface area (Å²) in [5.74, 6) is -0.999. The minimum Gasteiger partial charge on any atom is -0.463 e. The van der Waals surface area contributed by atoms with Crippen LogP contribution in [0.2, 0.25) is 0 Å². The van der Waals surface area contributed by atoms with Gasteiger partial charge in [0.15, 0.2) is 12.0 Å². The van der Waals surface area contributed by atoms with E-state index < -0.39 is 29.8 Å². The van der Waals surface area contributed by atoms with Crippen molar-refractivity contribution in [1.29, 1.82) is 0 Å². The number of carbonyl (C=O) groups is 1. The molecule has 0 radical (unpaired) electrons. The summed E-state index contributed by atoms with van der Waals surface area (Å²) in [5.41, 5.74) is -0.554. The van der Waals surface area contributed by atoms with Crippen LogP contribution in [0.4, 0.5) is 4.39 Å². The van der Waals surface area contributed by atoms with Gasteiger partial charge in [0.25, 0.3) is 0 Å². The zero-order valence-electron chi connectivity index (χ0n) is 10.5. The first-order valence-electron chi connectivity index (χ1n) is 5.70. The first-order valence-corrected chi connectivity index (χ1v) is 5.70. The molecule has 0 N–H and O–H groups in total. The van der Waals surface area contributed by atoms with Gasteiger partial charge in [-0.2, -0.15) is 4.98 Å². The lowest BCUT2D eigenvalue weighted by molar-refractivity contribution is -0.145. The number of hydrogen-bond donors (Lipinski definition) is 0. The van der Waals surface area contributed by atoms with E-state index in [1.807, 2.05) is 0 Å². The molecule has 1 aliphatic heterocycles. The minimum absolute atomic E-state index is 0.0414. The molecule has 0 aromatic carbocycles. The fourth-order valence-electron chi connectivity index (χ4n) is 1.65. The zero-order chi connectivity index (χ0) is 14.0. The average Bonchev–Trinajstić information content (AvgIpc) is 2.80. The number of halogens is 1. The summed E-state index contributed by atoms with van der Waals surface area (Å²) in [6.07, 6.45) is 3.10. The van der Waals surface area contributed by atoms with Crippen molar-refractivity contribution in [3.8, 4) is 0 Å². The molecule has 1 aromatic rings. The number of rotatable bonds is 3. The first-order chi connectivity index (χ1) is 8.97. The summed E-state index contributed by atoms with van der Waals surface area (Å²) in [6.45, 7) is 2.76. The predicted molar refractivity (Wildman–Crippen MR) is 62.9 cm³/mol. The topological polar surface area (TPSA) is 70.4 Å². The van der Waals surface area contributed by atoms with Crippen LogP contribution in [0.25, 0.3) is 0 Å². The molecule has 0 saturated carbocycles. The van der Waals surface area contributed by atoms with Gasteiger partial charge < -0.3 is 9.47 Å². The summed E-state index contributed by atoms with van der Waals surface area (Å²) in [6, 6.07) is 0. The van der Waals surface area contributed by atoms with Crippen molar-refractivity contribution in [2.75, 3.05) is 6.61 Å². The van der Waals surface area contributed by atoms with Gasteiger partial charge in [0.2, 0.25) is 0 Å². The number of ether oxygens (including phenoxy) is 2. The van der Waals surface area contributed by atoms with E-state index in [2.05, 4.69) is 4.98 Å². The molecular weight excluding hydrogens is 255 g/mol. The largest absolute Gasteiger partial charge is 0.463 e. The Morgan fingerprint density at radius 3 is 3.00 bits per heavy atom. The van der Waals surface area contributed by atoms with Gasteiger partial charge in [-0.05, 0) is 13.0 Å². The summed E-state index contributed by atoms with van der Waals surface area (Å²) in [7, 11) is 0. The SMILES string of the molecule is CC(=O)OCC1C=CC(n2cc(F)c(C)nc2=O)O1. The van der Waals surface area contributed by atoms with Crippen LogP contribution in [0.15, 0.2) is 23.1 Å². The highest BCUT2D eigenvalue weighted by atomic mass is 19.1. The van der Waals surface area contributed by atoms with Gasteiger partial charge in [-0.3, -0.25) is 9.36 Å². The Balaban J connectivity index is 2.10. The highest BCUT2D eigenvalue weighted by Gasteiger charge is 2.23. The Kier molecular flexibility index (Phi) is 3.75. The Bertz CT molecular complexity index is 582. The highest BCUT2D eigenvalue weighted by Crippen LogP contribution is 2.20. The molecule has 2 heterocycles. The molecule has 1 aliphatic rings. The molecule has 102 valence electrons. The smallest absolute Gasteiger partial charge is 0.350 e. The van der Waals surface area contributed by atoms with Crippen molar-refractivity contribution < 1.29 is 18.7 Å². The van der Waals surface area contributed by atoms with E-state index >= 15 is 0 Å². The molecule has 7 heteroatoms. The summed E-state index contributed by atoms with van der Waals surface area (Å²) in [4.78, 5) is 25.9. The molecule has 2 unspecified atom stereocenters. The maximum atomic E-state index is 13.4. The van der Waals surface area contributed by atoms with E-state index in [1.165, 1.54) is 13.8 Å². The number of nitrogens with zero attached hydrogens (tertiary/aromatic N) is 2. The maximum Gasteiger partial charge on any atom is 0.350 e. The average molecular weight is 268 g/mol. The number of esters is 1. The van der Waals surface area contributed by atoms with Gasteiger partial charge in [-0.1, -0.05) is 6.08 Å². The van der Waals surface area contributed by atoms with Crippen LogP contribution in [0, 0.1) is 12.7 Å². The second-order valence-electron chi connectivity index (χ2n) is 4.12. The van der Waals surface area contributed by atoms with Crippen LogP contribution < -0.4 is 5.69 Å². The third kappa shape index (κ3) is 3.05. The van der Waals surface area contributed by atoms with Crippen molar-refractivity contribution in [3.05, 3.63) is 40.3 Å². The van der Waals surface area contributed by atoms with Crippen LogP contribution >= 0.6 is 0 Å². The van der Waals surface area contributed by atoms with E-state index in [1.54, 1.807) is 12.2 Å². The number of aromatic nitrogens is 2. The monoisotopic (exact) mass is 268 g/mol. The van der Waals surface area contributed by atoms with E-state index in [0.717, 1.165) is 10.8 Å². The summed E-state index contributed by atoms with van der Waals surface area (Å²) < 4.78 is 24.7. The second-order valence-corrected chi connectivity index (χ2v) is 4.12. The van der Waals surface area contributed by atoms with Gasteiger partial charge in [0.1, 0.15) is 12.7 Å². The van der Waals surface area contributed by atoms with Gasteiger partial charge in [-0.15, -0.1) is 0 Å². The summed E-state index contributed by atoms with van der Waals surface area (Å²) >= 11 is 0. The van der Waals surface area contributed by atoms with Crippen LogP contribution in [0.1, 0.15) is 18.8 Å². The molecule has 0 amide bonds. The normalized spacial score (nSPS) is 21.6. The lowest BCUT2D eigenvalue weighted by atomic mass is 10.3. The Labute approximate surface area is 108 Å². The molecule has 1 aromatic heterocycles. The lowest BCUT2D eigenvalue weighted by Gasteiger charge is -2.16. The molecular formula is C12H13FN2O4. The molecule has 2 atom stereocenters. The first kappa shape index (κ1) is 13.4. The fraction of sp³-hybridized carbons (Fsp3) is 0.417. The van der Waals surface area contributed by atoms with Crippen molar-refractivity contribution in [3.63, 3.8) is 0 Å². The van der Waals surface area contributed by atoms with Crippen molar-refractivity contribution in [2.45, 2.75) is 26.2 Å². The van der Waals surface area contributed by atoms with E-state index in [4.69, 9.17) is 9.47 Å². The Hall–Kier alpha value is -2.02. The molecule has 0 fully saturated rings. The maximum absolute atomic E-state index is 13.4. The second kappa shape index (κ2) is 5.31. The van der Waals surface area contributed by atoms with Crippen molar-refractivity contribution in [1.82, 2.24) is 9.55 Å². The van der Waals surface area contributed by atoms with E-state index in [-0.39, 0.29) is 12.3 Å². The number of hydrogen-bond acceptors (Lipinski definition) is 5. The molecule has 6 nitrogen and oxygen atoms in total. The van der Waals surface area contributed by atoms with Gasteiger partial charge in [0.05, 0.1) is 5.69 Å². The molecule has 2 rings (SSSR count). The van der Waals surface area contributed by atoms with Gasteiger partial charge in [0, 0.05) is 13.1 Å². The predicted octanol–water partition coefficient (Wildman–Crippen LogP) is 0.708. The molecule has 0 bridgehead atoms. The van der Waals surface area contributed by atoms with Crippen molar-refractivity contribution >= 4 is 5.97 Å². The third-order valence-electron chi connectivity index (χ3n) is 2.61. The fourth-order valence-corrected chi connectivity index (χ4v) is 1.65. The summed E-state index contributed by atoms with van der Waals surface area (Å²) in [5, 5.41) is 0. The van der Waals surface area contributed by atoms with Crippen LogP contribution in [0.3, 0.4) is 0 Å². The van der Waals surface area contributed by atoms with Gasteiger partial charge in [-0.25, -0.2) is 9.18 Å². The molecule has 0 aliphatic carbocycles.